The molecular weight excluding hydrogens is 258 g/mol. The molecule has 0 bridgehead atoms. The van der Waals surface area contributed by atoms with Gasteiger partial charge in [0.15, 0.2) is 0 Å². The van der Waals surface area contributed by atoms with Crippen molar-refractivity contribution in [1.29, 1.82) is 0 Å². The molecule has 3 rings (SSSR count). The molecule has 98 valence electrons. The van der Waals surface area contributed by atoms with Crippen molar-refractivity contribution in [2.75, 3.05) is 11.2 Å². The lowest BCUT2D eigenvalue weighted by atomic mass is 9.85. The highest BCUT2D eigenvalue weighted by atomic mass is 32.2. The molecule has 1 aromatic carbocycles. The highest BCUT2D eigenvalue weighted by Gasteiger charge is 2.48. The zero-order valence-corrected chi connectivity index (χ0v) is 11.5. The lowest BCUT2D eigenvalue weighted by Gasteiger charge is -2.17. The van der Waals surface area contributed by atoms with Crippen molar-refractivity contribution in [3.63, 3.8) is 0 Å². The van der Waals surface area contributed by atoms with E-state index in [1.165, 1.54) is 4.90 Å². The van der Waals surface area contributed by atoms with Gasteiger partial charge >= 0.3 is 0 Å². The first-order chi connectivity index (χ1) is 9.24. The number of hydrogen-bond donors (Lipinski definition) is 0. The number of imide groups is 1. The van der Waals surface area contributed by atoms with Gasteiger partial charge in [0.1, 0.15) is 0 Å². The summed E-state index contributed by atoms with van der Waals surface area (Å²) >= 11 is 1.56. The Morgan fingerprint density at radius 2 is 1.63 bits per heavy atom. The van der Waals surface area contributed by atoms with E-state index in [-0.39, 0.29) is 23.7 Å². The Hall–Kier alpha value is -1.55. The number of benzene rings is 1. The lowest BCUT2D eigenvalue weighted by molar-refractivity contribution is -0.122. The Bertz CT molecular complexity index is 541. The SMILES string of the molecule is CSc1ccccc1N1C(=O)C2CC=CCC2C1=O. The fraction of sp³-hybridized carbons (Fsp3) is 0.333. The van der Waals surface area contributed by atoms with E-state index in [0.717, 1.165) is 10.6 Å². The molecular formula is C15H15NO2S. The minimum Gasteiger partial charge on any atom is -0.274 e. The average Bonchev–Trinajstić information content (AvgIpc) is 2.71. The Morgan fingerprint density at radius 3 is 2.21 bits per heavy atom. The average molecular weight is 273 g/mol. The molecule has 4 heteroatoms. The van der Waals surface area contributed by atoms with Crippen molar-refractivity contribution in [2.45, 2.75) is 17.7 Å². The van der Waals surface area contributed by atoms with E-state index in [9.17, 15) is 9.59 Å². The molecule has 19 heavy (non-hydrogen) atoms. The summed E-state index contributed by atoms with van der Waals surface area (Å²) in [4.78, 5) is 27.3. The number of rotatable bonds is 2. The molecule has 1 aliphatic heterocycles. The predicted molar refractivity (Wildman–Crippen MR) is 76.1 cm³/mol. The standard InChI is InChI=1S/C15H15NO2S/c1-19-13-9-5-4-8-12(13)16-14(17)10-6-2-3-7-11(10)15(16)18/h2-5,8-11H,6-7H2,1H3. The highest BCUT2D eigenvalue weighted by Crippen LogP contribution is 2.40. The first-order valence-electron chi connectivity index (χ1n) is 6.40. The molecule has 2 amide bonds. The van der Waals surface area contributed by atoms with E-state index >= 15 is 0 Å². The van der Waals surface area contributed by atoms with Gasteiger partial charge in [0.2, 0.25) is 11.8 Å². The van der Waals surface area contributed by atoms with Crippen molar-refractivity contribution in [3.8, 4) is 0 Å². The second kappa shape index (κ2) is 4.85. The summed E-state index contributed by atoms with van der Waals surface area (Å²) in [5.41, 5.74) is 0.736. The van der Waals surface area contributed by atoms with E-state index in [1.807, 2.05) is 42.7 Å². The van der Waals surface area contributed by atoms with Crippen molar-refractivity contribution < 1.29 is 9.59 Å². The van der Waals surface area contributed by atoms with E-state index in [2.05, 4.69) is 0 Å². The van der Waals surface area contributed by atoms with Crippen molar-refractivity contribution in [2.24, 2.45) is 11.8 Å². The maximum absolute atomic E-state index is 12.5. The Morgan fingerprint density at radius 1 is 1.05 bits per heavy atom. The number of nitrogens with zero attached hydrogens (tertiary/aromatic N) is 1. The molecule has 1 aliphatic carbocycles. The van der Waals surface area contributed by atoms with Crippen LogP contribution in [0.1, 0.15) is 12.8 Å². The van der Waals surface area contributed by atoms with Gasteiger partial charge in [0, 0.05) is 4.90 Å². The first kappa shape index (κ1) is 12.5. The van der Waals surface area contributed by atoms with Crippen LogP contribution in [0.15, 0.2) is 41.3 Å². The molecule has 3 nitrogen and oxygen atoms in total. The highest BCUT2D eigenvalue weighted by molar-refractivity contribution is 7.98. The maximum Gasteiger partial charge on any atom is 0.238 e. The quantitative estimate of drug-likeness (QED) is 0.472. The van der Waals surface area contributed by atoms with Gasteiger partial charge < -0.3 is 0 Å². The molecule has 1 aromatic rings. The fourth-order valence-corrected chi connectivity index (χ4v) is 3.44. The monoisotopic (exact) mass is 273 g/mol. The lowest BCUT2D eigenvalue weighted by Crippen LogP contribution is -2.31. The molecule has 0 aromatic heterocycles. The summed E-state index contributed by atoms with van der Waals surface area (Å²) in [6, 6.07) is 7.60. The minimum atomic E-state index is -0.160. The molecule has 0 radical (unpaired) electrons. The second-order valence-corrected chi connectivity index (χ2v) is 5.69. The molecule has 2 aliphatic rings. The third-order valence-corrected chi connectivity index (χ3v) is 4.62. The van der Waals surface area contributed by atoms with E-state index in [0.29, 0.717) is 12.8 Å². The minimum absolute atomic E-state index is 0.0409. The molecule has 1 fully saturated rings. The number of amides is 2. The van der Waals surface area contributed by atoms with Gasteiger partial charge in [0.25, 0.3) is 0 Å². The van der Waals surface area contributed by atoms with Gasteiger partial charge in [-0.05, 0) is 31.2 Å². The van der Waals surface area contributed by atoms with Crippen LogP contribution in [0, 0.1) is 11.8 Å². The predicted octanol–water partition coefficient (Wildman–Crippen LogP) is 2.86. The zero-order chi connectivity index (χ0) is 13.4. The summed E-state index contributed by atoms with van der Waals surface area (Å²) in [5, 5.41) is 0. The van der Waals surface area contributed by atoms with E-state index in [1.54, 1.807) is 11.8 Å². The van der Waals surface area contributed by atoms with Crippen LogP contribution in [0.5, 0.6) is 0 Å². The number of carbonyl (C=O) groups is 2. The summed E-state index contributed by atoms with van der Waals surface area (Å²) in [5.74, 6) is -0.401. The van der Waals surface area contributed by atoms with Gasteiger partial charge in [-0.15, -0.1) is 11.8 Å². The van der Waals surface area contributed by atoms with Crippen molar-refractivity contribution in [1.82, 2.24) is 0 Å². The van der Waals surface area contributed by atoms with Gasteiger partial charge in [-0.1, -0.05) is 24.3 Å². The molecule has 2 atom stereocenters. The third-order valence-electron chi connectivity index (χ3n) is 3.83. The van der Waals surface area contributed by atoms with Crippen LogP contribution in [0.25, 0.3) is 0 Å². The van der Waals surface area contributed by atoms with Crippen LogP contribution in [-0.2, 0) is 9.59 Å². The van der Waals surface area contributed by atoms with E-state index < -0.39 is 0 Å². The topological polar surface area (TPSA) is 37.4 Å². The largest absolute Gasteiger partial charge is 0.274 e. The number of thioether (sulfide) groups is 1. The van der Waals surface area contributed by atoms with Crippen LogP contribution < -0.4 is 4.90 Å². The summed E-state index contributed by atoms with van der Waals surface area (Å²) in [6.45, 7) is 0. The van der Waals surface area contributed by atoms with Gasteiger partial charge in [0.05, 0.1) is 17.5 Å². The van der Waals surface area contributed by atoms with Crippen LogP contribution in [-0.4, -0.2) is 18.1 Å². The first-order valence-corrected chi connectivity index (χ1v) is 7.62. The van der Waals surface area contributed by atoms with Crippen LogP contribution in [0.2, 0.25) is 0 Å². The van der Waals surface area contributed by atoms with Crippen molar-refractivity contribution in [3.05, 3.63) is 36.4 Å². The maximum atomic E-state index is 12.5. The second-order valence-electron chi connectivity index (χ2n) is 4.84. The van der Waals surface area contributed by atoms with Crippen LogP contribution >= 0.6 is 11.8 Å². The smallest absolute Gasteiger partial charge is 0.238 e. The summed E-state index contributed by atoms with van der Waals surface area (Å²) in [6.07, 6.45) is 7.35. The number of anilines is 1. The number of para-hydroxylation sites is 1. The molecule has 0 spiro atoms. The molecule has 1 saturated heterocycles. The normalized spacial score (nSPS) is 25.8. The summed E-state index contributed by atoms with van der Waals surface area (Å²) in [7, 11) is 0. The molecule has 0 N–H and O–H groups in total. The fourth-order valence-electron chi connectivity index (χ4n) is 2.85. The van der Waals surface area contributed by atoms with Gasteiger partial charge in [-0.25, -0.2) is 4.90 Å². The zero-order valence-electron chi connectivity index (χ0n) is 10.7. The number of carbonyl (C=O) groups excluding carboxylic acids is 2. The molecule has 2 unspecified atom stereocenters. The van der Waals surface area contributed by atoms with Gasteiger partial charge in [-0.3, -0.25) is 9.59 Å². The number of fused-ring (bicyclic) bond motifs is 1. The van der Waals surface area contributed by atoms with Crippen LogP contribution in [0.4, 0.5) is 5.69 Å². The third kappa shape index (κ3) is 1.91. The number of allylic oxidation sites excluding steroid dienone is 2. The molecule has 0 saturated carbocycles. The Labute approximate surface area is 116 Å². The van der Waals surface area contributed by atoms with Gasteiger partial charge in [-0.2, -0.15) is 0 Å². The molecule has 1 heterocycles. The Balaban J connectivity index is 2.02. The van der Waals surface area contributed by atoms with Crippen molar-refractivity contribution >= 4 is 29.3 Å². The Kier molecular flexibility index (Phi) is 3.19. The van der Waals surface area contributed by atoms with E-state index in [4.69, 9.17) is 0 Å². The number of hydrogen-bond acceptors (Lipinski definition) is 3. The summed E-state index contributed by atoms with van der Waals surface area (Å²) < 4.78 is 0. The van der Waals surface area contributed by atoms with Crippen LogP contribution in [0.3, 0.4) is 0 Å².